The number of benzene rings is 1. The summed E-state index contributed by atoms with van der Waals surface area (Å²) in [6, 6.07) is 10.2. The molecule has 0 unspecified atom stereocenters. The van der Waals surface area contributed by atoms with Crippen molar-refractivity contribution in [3.05, 3.63) is 30.3 Å². The molecule has 0 aliphatic heterocycles. The minimum absolute atomic E-state index is 0.0184. The number of carbonyl (C=O) groups is 1. The quantitative estimate of drug-likeness (QED) is 0.616. The fraction of sp³-hybridized carbons (Fsp3) is 0.533. The second kappa shape index (κ2) is 7.39. The number of para-hydroxylation sites is 1. The first-order valence-corrected chi connectivity index (χ1v) is 7.11. The van der Waals surface area contributed by atoms with Crippen LogP contribution < -0.4 is 10.2 Å². The molecule has 0 saturated carbocycles. The smallest absolute Gasteiger partial charge is 0.226 e. The molecule has 3 nitrogen and oxygen atoms in total. The Morgan fingerprint density at radius 2 is 1.95 bits per heavy atom. The van der Waals surface area contributed by atoms with Gasteiger partial charge in [-0.1, -0.05) is 18.2 Å². The van der Waals surface area contributed by atoms with Crippen LogP contribution in [0.1, 0.15) is 20.3 Å². The highest BCUT2D eigenvalue weighted by Crippen LogP contribution is 2.16. The Bertz CT molecular complexity index is 392. The van der Waals surface area contributed by atoms with Gasteiger partial charge in [0.25, 0.3) is 0 Å². The Balaban J connectivity index is 2.27. The maximum atomic E-state index is 11.8. The van der Waals surface area contributed by atoms with Crippen molar-refractivity contribution in [3.8, 4) is 0 Å². The van der Waals surface area contributed by atoms with E-state index < -0.39 is 5.41 Å². The molecule has 0 bridgehead atoms. The summed E-state index contributed by atoms with van der Waals surface area (Å²) in [4.78, 5) is 14.0. The molecule has 0 aromatic heterocycles. The van der Waals surface area contributed by atoms with Gasteiger partial charge in [0.05, 0.1) is 5.41 Å². The van der Waals surface area contributed by atoms with Crippen molar-refractivity contribution in [1.29, 1.82) is 0 Å². The monoisotopic (exact) mass is 282 g/mol. The molecule has 0 saturated heterocycles. The maximum absolute atomic E-state index is 11.8. The van der Waals surface area contributed by atoms with E-state index in [-0.39, 0.29) is 5.91 Å². The highest BCUT2D eigenvalue weighted by molar-refractivity contribution is 6.19. The first-order chi connectivity index (χ1) is 8.97. The fourth-order valence-corrected chi connectivity index (χ4v) is 1.75. The van der Waals surface area contributed by atoms with E-state index in [0.717, 1.165) is 13.0 Å². The summed E-state index contributed by atoms with van der Waals surface area (Å²) < 4.78 is 0. The Morgan fingerprint density at radius 1 is 1.32 bits per heavy atom. The number of hydrogen-bond donors (Lipinski definition) is 1. The van der Waals surface area contributed by atoms with E-state index >= 15 is 0 Å². The average Bonchev–Trinajstić information content (AvgIpc) is 2.43. The molecule has 0 heterocycles. The molecule has 4 heteroatoms. The molecule has 0 aliphatic carbocycles. The minimum Gasteiger partial charge on any atom is -0.375 e. The zero-order valence-corrected chi connectivity index (χ0v) is 12.7. The number of rotatable bonds is 7. The molecule has 0 atom stereocenters. The predicted molar refractivity (Wildman–Crippen MR) is 81.8 cm³/mol. The van der Waals surface area contributed by atoms with Crippen LogP contribution in [0.5, 0.6) is 0 Å². The van der Waals surface area contributed by atoms with Crippen LogP contribution in [-0.4, -0.2) is 31.9 Å². The number of halogens is 1. The fourth-order valence-electron chi connectivity index (χ4n) is 1.63. The molecule has 1 N–H and O–H groups in total. The van der Waals surface area contributed by atoms with Gasteiger partial charge in [0, 0.05) is 31.7 Å². The number of carbonyl (C=O) groups excluding carboxylic acids is 1. The van der Waals surface area contributed by atoms with Crippen molar-refractivity contribution in [2.75, 3.05) is 30.9 Å². The number of nitrogens with zero attached hydrogens (tertiary/aromatic N) is 1. The molecule has 1 aromatic carbocycles. The van der Waals surface area contributed by atoms with Crippen LogP contribution in [0.2, 0.25) is 0 Å². The number of nitrogens with one attached hydrogen (secondary N) is 1. The van der Waals surface area contributed by atoms with Gasteiger partial charge in [0.15, 0.2) is 0 Å². The van der Waals surface area contributed by atoms with Crippen LogP contribution in [0.4, 0.5) is 5.69 Å². The van der Waals surface area contributed by atoms with Crippen LogP contribution in [0.3, 0.4) is 0 Å². The summed E-state index contributed by atoms with van der Waals surface area (Å²) in [5, 5.41) is 2.93. The number of hydrogen-bond acceptors (Lipinski definition) is 2. The lowest BCUT2D eigenvalue weighted by Gasteiger charge is -2.22. The average molecular weight is 283 g/mol. The van der Waals surface area contributed by atoms with Crippen LogP contribution in [-0.2, 0) is 4.79 Å². The van der Waals surface area contributed by atoms with Crippen LogP contribution in [0.15, 0.2) is 30.3 Å². The molecular weight excluding hydrogens is 260 g/mol. The van der Waals surface area contributed by atoms with Gasteiger partial charge >= 0.3 is 0 Å². The molecule has 0 radical (unpaired) electrons. The van der Waals surface area contributed by atoms with Gasteiger partial charge in [-0.3, -0.25) is 4.79 Å². The van der Waals surface area contributed by atoms with Crippen molar-refractivity contribution in [2.24, 2.45) is 5.41 Å². The minimum atomic E-state index is -0.493. The zero-order valence-electron chi connectivity index (χ0n) is 11.9. The third-order valence-electron chi connectivity index (χ3n) is 3.10. The SMILES string of the molecule is CN(CCCNC(=O)C(C)(C)CCl)c1ccccc1. The standard InChI is InChI=1S/C15H23ClN2O/c1-15(2,12-16)14(19)17-10-7-11-18(3)13-8-5-4-6-9-13/h4-6,8-9H,7,10-12H2,1-3H3,(H,17,19). The summed E-state index contributed by atoms with van der Waals surface area (Å²) in [6.45, 7) is 5.29. The Labute approximate surface area is 120 Å². The first kappa shape index (κ1) is 15.8. The lowest BCUT2D eigenvalue weighted by atomic mass is 9.95. The van der Waals surface area contributed by atoms with Gasteiger partial charge in [0.2, 0.25) is 5.91 Å². The summed E-state index contributed by atoms with van der Waals surface area (Å²) in [5.41, 5.74) is 0.697. The summed E-state index contributed by atoms with van der Waals surface area (Å²) in [6.07, 6.45) is 0.912. The van der Waals surface area contributed by atoms with Crippen molar-refractivity contribution >= 4 is 23.2 Å². The van der Waals surface area contributed by atoms with E-state index in [1.807, 2.05) is 32.0 Å². The molecule has 1 amide bonds. The van der Waals surface area contributed by atoms with Gasteiger partial charge in [-0.2, -0.15) is 0 Å². The Kier molecular flexibility index (Phi) is 6.16. The van der Waals surface area contributed by atoms with E-state index in [2.05, 4.69) is 29.4 Å². The zero-order chi connectivity index (χ0) is 14.3. The van der Waals surface area contributed by atoms with Gasteiger partial charge in [-0.05, 0) is 32.4 Å². The second-order valence-corrected chi connectivity index (χ2v) is 5.65. The molecular formula is C15H23ClN2O. The number of amides is 1. The Hall–Kier alpha value is -1.22. The second-order valence-electron chi connectivity index (χ2n) is 5.38. The van der Waals surface area contributed by atoms with Crippen molar-refractivity contribution < 1.29 is 4.79 Å². The molecule has 0 aliphatic rings. The number of alkyl halides is 1. The molecule has 0 fully saturated rings. The van der Waals surface area contributed by atoms with Crippen molar-refractivity contribution in [2.45, 2.75) is 20.3 Å². The van der Waals surface area contributed by atoms with Crippen molar-refractivity contribution in [3.63, 3.8) is 0 Å². The van der Waals surface area contributed by atoms with E-state index in [1.165, 1.54) is 5.69 Å². The highest BCUT2D eigenvalue weighted by atomic mass is 35.5. The molecule has 19 heavy (non-hydrogen) atoms. The third-order valence-corrected chi connectivity index (χ3v) is 3.77. The Morgan fingerprint density at radius 3 is 2.53 bits per heavy atom. The maximum Gasteiger partial charge on any atom is 0.226 e. The normalized spacial score (nSPS) is 11.2. The first-order valence-electron chi connectivity index (χ1n) is 6.58. The van der Waals surface area contributed by atoms with E-state index in [1.54, 1.807) is 0 Å². The van der Waals surface area contributed by atoms with E-state index in [0.29, 0.717) is 12.4 Å². The van der Waals surface area contributed by atoms with E-state index in [4.69, 9.17) is 11.6 Å². The van der Waals surface area contributed by atoms with Crippen molar-refractivity contribution in [1.82, 2.24) is 5.32 Å². The van der Waals surface area contributed by atoms with Crippen LogP contribution in [0, 0.1) is 5.41 Å². The molecule has 106 valence electrons. The van der Waals surface area contributed by atoms with Gasteiger partial charge < -0.3 is 10.2 Å². The summed E-state index contributed by atoms with van der Waals surface area (Å²) in [7, 11) is 2.06. The predicted octanol–water partition coefficient (Wildman–Crippen LogP) is 2.89. The molecule has 0 spiro atoms. The largest absolute Gasteiger partial charge is 0.375 e. The van der Waals surface area contributed by atoms with Gasteiger partial charge in [-0.15, -0.1) is 11.6 Å². The molecule has 1 rings (SSSR count). The highest BCUT2D eigenvalue weighted by Gasteiger charge is 2.25. The number of anilines is 1. The molecule has 1 aromatic rings. The lowest BCUT2D eigenvalue weighted by molar-refractivity contribution is -0.128. The van der Waals surface area contributed by atoms with E-state index in [9.17, 15) is 4.79 Å². The summed E-state index contributed by atoms with van der Waals surface area (Å²) in [5.74, 6) is 0.354. The van der Waals surface area contributed by atoms with Gasteiger partial charge in [0.1, 0.15) is 0 Å². The lowest BCUT2D eigenvalue weighted by Crippen LogP contribution is -2.39. The van der Waals surface area contributed by atoms with Gasteiger partial charge in [-0.25, -0.2) is 0 Å². The van der Waals surface area contributed by atoms with Crippen LogP contribution in [0.25, 0.3) is 0 Å². The van der Waals surface area contributed by atoms with Crippen LogP contribution >= 0.6 is 11.6 Å². The third kappa shape index (κ3) is 5.11. The topological polar surface area (TPSA) is 32.3 Å². The summed E-state index contributed by atoms with van der Waals surface area (Å²) >= 11 is 5.76.